The van der Waals surface area contributed by atoms with Gasteiger partial charge in [0.15, 0.2) is 11.6 Å². The molecule has 5 heteroatoms. The number of halogens is 3. The van der Waals surface area contributed by atoms with E-state index < -0.39 is 22.2 Å². The number of nitrogens with two attached hydrogens (primary N) is 1. The van der Waals surface area contributed by atoms with Gasteiger partial charge in [0.25, 0.3) is 0 Å². The molecule has 0 saturated heterocycles. The van der Waals surface area contributed by atoms with Crippen LogP contribution in [-0.4, -0.2) is 7.11 Å². The van der Waals surface area contributed by atoms with Crippen LogP contribution in [-0.2, 0) is 5.54 Å². The maximum atomic E-state index is 13.5. The van der Waals surface area contributed by atoms with Crippen molar-refractivity contribution in [3.05, 3.63) is 28.3 Å². The fourth-order valence-electron chi connectivity index (χ4n) is 1.55. The van der Waals surface area contributed by atoms with Crippen LogP contribution in [0.4, 0.5) is 8.78 Å². The average Bonchev–Trinajstić information content (AvgIpc) is 2.94. The number of rotatable bonds is 2. The standard InChI is InChI=1S/C10H10ClF2NO/c1-15-9-5(10(14)2-3-10)4-6(12)7(11)8(9)13/h4H,2-3,14H2,1H3. The summed E-state index contributed by atoms with van der Waals surface area (Å²) in [5, 5.41) is -0.556. The van der Waals surface area contributed by atoms with E-state index in [9.17, 15) is 8.78 Å². The number of hydrogen-bond donors (Lipinski definition) is 1. The molecule has 1 aromatic carbocycles. The predicted octanol–water partition coefficient (Wildman–Crippen LogP) is 2.57. The van der Waals surface area contributed by atoms with Crippen molar-refractivity contribution >= 4 is 11.6 Å². The van der Waals surface area contributed by atoms with Crippen LogP contribution in [0.25, 0.3) is 0 Å². The van der Waals surface area contributed by atoms with Crippen molar-refractivity contribution in [1.29, 1.82) is 0 Å². The minimum absolute atomic E-state index is 0.0543. The van der Waals surface area contributed by atoms with E-state index in [1.165, 1.54) is 7.11 Å². The largest absolute Gasteiger partial charge is 0.493 e. The van der Waals surface area contributed by atoms with Crippen LogP contribution in [0, 0.1) is 11.6 Å². The quantitative estimate of drug-likeness (QED) is 0.797. The van der Waals surface area contributed by atoms with Gasteiger partial charge in [-0.1, -0.05) is 11.6 Å². The second-order valence-corrected chi connectivity index (χ2v) is 4.10. The Balaban J connectivity index is 2.63. The van der Waals surface area contributed by atoms with Gasteiger partial charge in [-0.05, 0) is 18.9 Å². The first kappa shape index (κ1) is 10.6. The highest BCUT2D eigenvalue weighted by Crippen LogP contribution is 2.48. The highest BCUT2D eigenvalue weighted by Gasteiger charge is 2.43. The minimum Gasteiger partial charge on any atom is -0.493 e. The number of hydrogen-bond acceptors (Lipinski definition) is 2. The monoisotopic (exact) mass is 233 g/mol. The Morgan fingerprint density at radius 3 is 2.53 bits per heavy atom. The molecule has 0 amide bonds. The van der Waals surface area contributed by atoms with Crippen LogP contribution < -0.4 is 10.5 Å². The Morgan fingerprint density at radius 2 is 2.07 bits per heavy atom. The molecule has 2 rings (SSSR count). The molecular formula is C10H10ClF2NO. The average molecular weight is 234 g/mol. The summed E-state index contributed by atoms with van der Waals surface area (Å²) in [6.45, 7) is 0. The van der Waals surface area contributed by atoms with Crippen molar-refractivity contribution in [2.24, 2.45) is 5.73 Å². The Labute approximate surface area is 91.0 Å². The third-order valence-corrected chi connectivity index (χ3v) is 2.99. The first-order chi connectivity index (χ1) is 6.99. The fourth-order valence-corrected chi connectivity index (χ4v) is 1.69. The van der Waals surface area contributed by atoms with Gasteiger partial charge in [-0.3, -0.25) is 0 Å². The van der Waals surface area contributed by atoms with Gasteiger partial charge >= 0.3 is 0 Å². The maximum absolute atomic E-state index is 13.5. The normalized spacial score (nSPS) is 17.7. The third-order valence-electron chi connectivity index (χ3n) is 2.65. The van der Waals surface area contributed by atoms with Gasteiger partial charge in [-0.15, -0.1) is 0 Å². The van der Waals surface area contributed by atoms with Crippen molar-refractivity contribution < 1.29 is 13.5 Å². The lowest BCUT2D eigenvalue weighted by Crippen LogP contribution is -2.20. The molecule has 15 heavy (non-hydrogen) atoms. The van der Waals surface area contributed by atoms with E-state index in [-0.39, 0.29) is 5.75 Å². The molecule has 0 spiro atoms. The summed E-state index contributed by atoms with van der Waals surface area (Å²) in [7, 11) is 1.31. The summed E-state index contributed by atoms with van der Waals surface area (Å²) in [5.41, 5.74) is 5.57. The van der Waals surface area contributed by atoms with Crippen molar-refractivity contribution in [3.63, 3.8) is 0 Å². The minimum atomic E-state index is -0.883. The van der Waals surface area contributed by atoms with E-state index in [1.54, 1.807) is 0 Å². The number of benzene rings is 1. The second-order valence-electron chi connectivity index (χ2n) is 3.72. The Kier molecular flexibility index (Phi) is 2.35. The number of methoxy groups -OCH3 is 1. The van der Waals surface area contributed by atoms with Crippen LogP contribution in [0.3, 0.4) is 0 Å². The molecule has 0 bridgehead atoms. The first-order valence-corrected chi connectivity index (χ1v) is 4.88. The van der Waals surface area contributed by atoms with Gasteiger partial charge in [-0.25, -0.2) is 8.78 Å². The van der Waals surface area contributed by atoms with Crippen LogP contribution in [0.15, 0.2) is 6.07 Å². The molecule has 0 heterocycles. The summed E-state index contributed by atoms with van der Waals surface area (Å²) in [6.07, 6.45) is 1.40. The Bertz CT molecular complexity index is 418. The zero-order valence-corrected chi connectivity index (χ0v) is 8.87. The lowest BCUT2D eigenvalue weighted by molar-refractivity contribution is 0.373. The molecule has 0 aromatic heterocycles. The van der Waals surface area contributed by atoms with Crippen molar-refractivity contribution in [1.82, 2.24) is 0 Å². The maximum Gasteiger partial charge on any atom is 0.186 e. The summed E-state index contributed by atoms with van der Waals surface area (Å²) in [6, 6.07) is 1.15. The summed E-state index contributed by atoms with van der Waals surface area (Å²) in [4.78, 5) is 0. The Hall–Kier alpha value is -0.870. The van der Waals surface area contributed by atoms with E-state index in [2.05, 4.69) is 0 Å². The summed E-state index contributed by atoms with van der Waals surface area (Å²) < 4.78 is 31.6. The van der Waals surface area contributed by atoms with E-state index in [4.69, 9.17) is 22.1 Å². The smallest absolute Gasteiger partial charge is 0.186 e. The van der Waals surface area contributed by atoms with E-state index in [0.29, 0.717) is 18.4 Å². The van der Waals surface area contributed by atoms with E-state index in [1.807, 2.05) is 0 Å². The molecule has 1 aromatic rings. The fraction of sp³-hybridized carbons (Fsp3) is 0.400. The molecule has 1 aliphatic rings. The van der Waals surface area contributed by atoms with Gasteiger partial charge in [0, 0.05) is 11.1 Å². The summed E-state index contributed by atoms with van der Waals surface area (Å²) in [5.74, 6) is -1.74. The summed E-state index contributed by atoms with van der Waals surface area (Å²) >= 11 is 5.43. The lowest BCUT2D eigenvalue weighted by atomic mass is 10.0. The van der Waals surface area contributed by atoms with Crippen LogP contribution in [0.1, 0.15) is 18.4 Å². The Morgan fingerprint density at radius 1 is 1.47 bits per heavy atom. The molecule has 1 fully saturated rings. The second kappa shape index (κ2) is 3.32. The third kappa shape index (κ3) is 1.58. The predicted molar refractivity (Wildman–Crippen MR) is 53.0 cm³/mol. The van der Waals surface area contributed by atoms with Gasteiger partial charge in [0.05, 0.1) is 7.11 Å². The molecule has 0 atom stereocenters. The molecule has 0 radical (unpaired) electrons. The zero-order chi connectivity index (χ0) is 11.2. The molecular weight excluding hydrogens is 224 g/mol. The lowest BCUT2D eigenvalue weighted by Gasteiger charge is -2.15. The van der Waals surface area contributed by atoms with E-state index >= 15 is 0 Å². The molecule has 1 aliphatic carbocycles. The van der Waals surface area contributed by atoms with Gasteiger partial charge in [-0.2, -0.15) is 0 Å². The molecule has 0 aliphatic heterocycles. The molecule has 82 valence electrons. The molecule has 1 saturated carbocycles. The number of ether oxygens (including phenoxy) is 1. The van der Waals surface area contributed by atoms with Gasteiger partial charge in [0.1, 0.15) is 10.8 Å². The first-order valence-electron chi connectivity index (χ1n) is 4.50. The van der Waals surface area contributed by atoms with Crippen LogP contribution in [0.2, 0.25) is 5.02 Å². The van der Waals surface area contributed by atoms with Gasteiger partial charge in [0.2, 0.25) is 0 Å². The van der Waals surface area contributed by atoms with Crippen LogP contribution >= 0.6 is 11.6 Å². The molecule has 0 unspecified atom stereocenters. The molecule has 2 nitrogen and oxygen atoms in total. The topological polar surface area (TPSA) is 35.2 Å². The van der Waals surface area contributed by atoms with Crippen molar-refractivity contribution in [2.75, 3.05) is 7.11 Å². The van der Waals surface area contributed by atoms with Crippen molar-refractivity contribution in [2.45, 2.75) is 18.4 Å². The highest BCUT2D eigenvalue weighted by molar-refractivity contribution is 6.31. The highest BCUT2D eigenvalue weighted by atomic mass is 35.5. The SMILES string of the molecule is COc1c(C2(N)CC2)cc(F)c(Cl)c1F. The zero-order valence-electron chi connectivity index (χ0n) is 8.11. The van der Waals surface area contributed by atoms with Crippen molar-refractivity contribution in [3.8, 4) is 5.75 Å². The van der Waals surface area contributed by atoms with Gasteiger partial charge < -0.3 is 10.5 Å². The molecule has 2 N–H and O–H groups in total. The van der Waals surface area contributed by atoms with Crippen LogP contribution in [0.5, 0.6) is 5.75 Å². The van der Waals surface area contributed by atoms with E-state index in [0.717, 1.165) is 6.07 Å².